The monoisotopic (exact) mass is 179 g/mol. The van der Waals surface area contributed by atoms with Gasteiger partial charge in [-0.15, -0.1) is 11.3 Å². The van der Waals surface area contributed by atoms with Gasteiger partial charge in [0, 0.05) is 5.38 Å². The number of aromatic nitrogens is 1. The van der Waals surface area contributed by atoms with Gasteiger partial charge < -0.3 is 5.11 Å². The highest BCUT2D eigenvalue weighted by atomic mass is 32.1. The van der Waals surface area contributed by atoms with Crippen LogP contribution in [0, 0.1) is 0 Å². The number of nitrogens with zero attached hydrogens (tertiary/aromatic N) is 1. The molecule has 0 bridgehead atoms. The summed E-state index contributed by atoms with van der Waals surface area (Å²) in [7, 11) is 0. The van der Waals surface area contributed by atoms with Crippen LogP contribution in [-0.4, -0.2) is 16.1 Å². The van der Waals surface area contributed by atoms with Crippen molar-refractivity contribution in [2.24, 2.45) is 0 Å². The summed E-state index contributed by atoms with van der Waals surface area (Å²) in [6.07, 6.45) is -2.69. The summed E-state index contributed by atoms with van der Waals surface area (Å²) in [4.78, 5) is 13.3. The zero-order valence-electron chi connectivity index (χ0n) is 5.12. The molecule has 60 valence electrons. The zero-order chi connectivity index (χ0) is 8.43. The Morgan fingerprint density at radius 2 is 2.36 bits per heavy atom. The van der Waals surface area contributed by atoms with Gasteiger partial charge in [0.05, 0.1) is 0 Å². The van der Waals surface area contributed by atoms with E-state index in [-0.39, 0.29) is 5.69 Å². The summed E-state index contributed by atoms with van der Waals surface area (Å²) >= 11 is 0.644. The Morgan fingerprint density at radius 3 is 2.64 bits per heavy atom. The third-order valence-corrected chi connectivity index (χ3v) is 1.78. The van der Waals surface area contributed by atoms with Crippen molar-refractivity contribution >= 4 is 17.3 Å². The maximum atomic E-state index is 11.8. The Morgan fingerprint density at radius 1 is 1.73 bits per heavy atom. The fraction of sp³-hybridized carbons (Fsp3) is 0.200. The predicted octanol–water partition coefficient (Wildman–Crippen LogP) is 1.78. The van der Waals surface area contributed by atoms with Gasteiger partial charge in [-0.2, -0.15) is 0 Å². The lowest BCUT2D eigenvalue weighted by molar-refractivity contribution is 0.0690. The first-order chi connectivity index (χ1) is 5.11. The third-order valence-electron chi connectivity index (χ3n) is 0.928. The summed E-state index contributed by atoms with van der Waals surface area (Å²) in [5, 5.41) is 8.91. The van der Waals surface area contributed by atoms with E-state index < -0.39 is 17.4 Å². The molecule has 0 spiro atoms. The summed E-state index contributed by atoms with van der Waals surface area (Å²) in [6, 6.07) is 0. The van der Waals surface area contributed by atoms with Gasteiger partial charge in [0.15, 0.2) is 10.7 Å². The quantitative estimate of drug-likeness (QED) is 0.752. The highest BCUT2D eigenvalue weighted by Gasteiger charge is 2.14. The normalized spacial score (nSPS) is 10.5. The maximum absolute atomic E-state index is 11.8. The molecule has 1 aromatic heterocycles. The molecule has 11 heavy (non-hydrogen) atoms. The van der Waals surface area contributed by atoms with Crippen molar-refractivity contribution in [3.05, 3.63) is 16.1 Å². The topological polar surface area (TPSA) is 50.2 Å². The lowest BCUT2D eigenvalue weighted by atomic mass is 10.5. The van der Waals surface area contributed by atoms with Crippen molar-refractivity contribution in [3.8, 4) is 0 Å². The average Bonchev–Trinajstić information content (AvgIpc) is 2.33. The van der Waals surface area contributed by atoms with E-state index in [4.69, 9.17) is 5.11 Å². The highest BCUT2D eigenvalue weighted by Crippen LogP contribution is 2.22. The van der Waals surface area contributed by atoms with Gasteiger partial charge in [-0.3, -0.25) is 0 Å². The van der Waals surface area contributed by atoms with E-state index in [1.54, 1.807) is 0 Å². The second kappa shape index (κ2) is 2.91. The number of hydrogen-bond acceptors (Lipinski definition) is 3. The number of hydrogen-bond donors (Lipinski definition) is 1. The van der Waals surface area contributed by atoms with Crippen LogP contribution in [0.1, 0.15) is 21.9 Å². The van der Waals surface area contributed by atoms with Gasteiger partial charge in [0.25, 0.3) is 6.43 Å². The Kier molecular flexibility index (Phi) is 2.13. The molecule has 0 aliphatic carbocycles. The largest absolute Gasteiger partial charge is 0.476 e. The summed E-state index contributed by atoms with van der Waals surface area (Å²) < 4.78 is 23.6. The molecule has 1 N–H and O–H groups in total. The SMILES string of the molecule is O=C(O)c1csc(C(F)F)n1. The Balaban J connectivity index is 2.90. The fourth-order valence-corrected chi connectivity index (χ4v) is 1.13. The van der Waals surface area contributed by atoms with E-state index in [0.29, 0.717) is 11.3 Å². The number of carbonyl (C=O) groups is 1. The van der Waals surface area contributed by atoms with Gasteiger partial charge in [-0.1, -0.05) is 0 Å². The average molecular weight is 179 g/mol. The molecule has 1 rings (SSSR count). The number of rotatable bonds is 2. The van der Waals surface area contributed by atoms with E-state index in [0.717, 1.165) is 5.38 Å². The maximum Gasteiger partial charge on any atom is 0.355 e. The minimum Gasteiger partial charge on any atom is -0.476 e. The second-order valence-corrected chi connectivity index (χ2v) is 2.57. The lowest BCUT2D eigenvalue weighted by Gasteiger charge is -1.87. The van der Waals surface area contributed by atoms with Crippen molar-refractivity contribution < 1.29 is 18.7 Å². The van der Waals surface area contributed by atoms with E-state index >= 15 is 0 Å². The number of carboxylic acids is 1. The number of halogens is 2. The summed E-state index contributed by atoms with van der Waals surface area (Å²) in [6.45, 7) is 0. The van der Waals surface area contributed by atoms with Crippen molar-refractivity contribution in [3.63, 3.8) is 0 Å². The van der Waals surface area contributed by atoms with Gasteiger partial charge >= 0.3 is 5.97 Å². The third kappa shape index (κ3) is 1.70. The molecule has 0 saturated carbocycles. The summed E-state index contributed by atoms with van der Waals surface area (Å²) in [5.74, 6) is -1.28. The number of thiazole rings is 1. The predicted molar refractivity (Wildman–Crippen MR) is 34.0 cm³/mol. The molecule has 1 aromatic rings. The first kappa shape index (κ1) is 8.06. The molecule has 0 radical (unpaired) electrons. The molecule has 0 aliphatic rings. The van der Waals surface area contributed by atoms with Crippen LogP contribution in [-0.2, 0) is 0 Å². The van der Waals surface area contributed by atoms with Gasteiger partial charge in [0.2, 0.25) is 0 Å². The van der Waals surface area contributed by atoms with E-state index in [9.17, 15) is 13.6 Å². The Hall–Kier alpha value is -1.04. The van der Waals surface area contributed by atoms with Crippen molar-refractivity contribution in [2.45, 2.75) is 6.43 Å². The van der Waals surface area contributed by atoms with Gasteiger partial charge in [-0.25, -0.2) is 18.6 Å². The number of carboxylic acid groups (broad SMARTS) is 1. The zero-order valence-corrected chi connectivity index (χ0v) is 5.94. The molecule has 0 fully saturated rings. The standard InChI is InChI=1S/C5H3F2NO2S/c6-3(7)4-8-2(1-11-4)5(9)10/h1,3H,(H,9,10). The van der Waals surface area contributed by atoms with E-state index in [1.807, 2.05) is 0 Å². The molecule has 3 nitrogen and oxygen atoms in total. The van der Waals surface area contributed by atoms with Crippen LogP contribution in [0.4, 0.5) is 8.78 Å². The first-order valence-corrected chi connectivity index (χ1v) is 3.46. The molecular formula is C5H3F2NO2S. The Labute approximate surface area is 64.3 Å². The van der Waals surface area contributed by atoms with Gasteiger partial charge in [0.1, 0.15) is 0 Å². The fourth-order valence-electron chi connectivity index (χ4n) is 0.486. The van der Waals surface area contributed by atoms with Crippen LogP contribution in [0.3, 0.4) is 0 Å². The molecular weight excluding hydrogens is 176 g/mol. The summed E-state index contributed by atoms with van der Waals surface area (Å²) in [5.41, 5.74) is -0.328. The van der Waals surface area contributed by atoms with Crippen molar-refractivity contribution in [1.29, 1.82) is 0 Å². The molecule has 0 atom stereocenters. The van der Waals surface area contributed by atoms with Crippen LogP contribution >= 0.6 is 11.3 Å². The molecule has 0 saturated heterocycles. The number of alkyl halides is 2. The van der Waals surface area contributed by atoms with Crippen LogP contribution in [0.5, 0.6) is 0 Å². The number of aromatic carboxylic acids is 1. The smallest absolute Gasteiger partial charge is 0.355 e. The molecule has 0 aromatic carbocycles. The van der Waals surface area contributed by atoms with Crippen molar-refractivity contribution in [1.82, 2.24) is 4.98 Å². The van der Waals surface area contributed by atoms with Crippen molar-refractivity contribution in [2.75, 3.05) is 0 Å². The molecule has 6 heteroatoms. The van der Waals surface area contributed by atoms with Crippen LogP contribution in [0.25, 0.3) is 0 Å². The van der Waals surface area contributed by atoms with Crippen LogP contribution < -0.4 is 0 Å². The second-order valence-electron chi connectivity index (χ2n) is 1.68. The van der Waals surface area contributed by atoms with Crippen LogP contribution in [0.2, 0.25) is 0 Å². The first-order valence-electron chi connectivity index (χ1n) is 2.58. The molecule has 0 unspecified atom stereocenters. The molecule has 0 aliphatic heterocycles. The van der Waals surface area contributed by atoms with Crippen LogP contribution in [0.15, 0.2) is 5.38 Å². The van der Waals surface area contributed by atoms with Gasteiger partial charge in [-0.05, 0) is 0 Å². The minimum atomic E-state index is -2.69. The van der Waals surface area contributed by atoms with E-state index in [2.05, 4.69) is 4.98 Å². The minimum absolute atomic E-state index is 0.328. The lowest BCUT2D eigenvalue weighted by Crippen LogP contribution is -1.96. The molecule has 0 amide bonds. The van der Waals surface area contributed by atoms with E-state index in [1.165, 1.54) is 0 Å². The highest BCUT2D eigenvalue weighted by molar-refractivity contribution is 7.09. The molecule has 1 heterocycles. The Bertz CT molecular complexity index is 273.